The van der Waals surface area contributed by atoms with Gasteiger partial charge >= 0.3 is 6.18 Å². The Bertz CT molecular complexity index is 1140. The van der Waals surface area contributed by atoms with Gasteiger partial charge in [-0.25, -0.2) is 0 Å². The first-order chi connectivity index (χ1) is 15.0. The number of aromatic nitrogens is 1. The highest BCUT2D eigenvalue weighted by molar-refractivity contribution is 5.77. The van der Waals surface area contributed by atoms with Crippen LogP contribution in [-0.4, -0.2) is 5.16 Å². The van der Waals surface area contributed by atoms with E-state index >= 15 is 0 Å². The van der Waals surface area contributed by atoms with Crippen LogP contribution in [0.15, 0.2) is 47.5 Å². The molecular weight excluding hydrogens is 399 g/mol. The topological polar surface area (TPSA) is 26.0 Å². The second kappa shape index (κ2) is 7.70. The maximum atomic E-state index is 14.0. The molecule has 0 atom stereocenters. The quantitative estimate of drug-likeness (QED) is 0.429. The van der Waals surface area contributed by atoms with Crippen LogP contribution >= 0.6 is 0 Å². The van der Waals surface area contributed by atoms with Gasteiger partial charge in [0.2, 0.25) is 0 Å². The molecule has 0 radical (unpaired) electrons. The summed E-state index contributed by atoms with van der Waals surface area (Å²) < 4.78 is 47.6. The lowest BCUT2D eigenvalue weighted by atomic mass is 9.81. The Hall–Kier alpha value is -2.82. The van der Waals surface area contributed by atoms with Crippen LogP contribution in [-0.2, 0) is 19.0 Å². The molecule has 0 amide bonds. The zero-order chi connectivity index (χ0) is 21.6. The minimum absolute atomic E-state index is 0.0194. The van der Waals surface area contributed by atoms with E-state index in [0.29, 0.717) is 23.3 Å². The van der Waals surface area contributed by atoms with Gasteiger partial charge in [-0.15, -0.1) is 0 Å². The Labute approximate surface area is 179 Å². The summed E-state index contributed by atoms with van der Waals surface area (Å²) in [5, 5.41) is 4.25. The number of fused-ring (bicyclic) bond motifs is 3. The average Bonchev–Trinajstić information content (AvgIpc) is 3.23. The molecule has 3 aromatic rings. The summed E-state index contributed by atoms with van der Waals surface area (Å²) in [4.78, 5) is 0. The zero-order valence-electron chi connectivity index (χ0n) is 17.3. The number of benzene rings is 2. The average molecular weight is 423 g/mol. The summed E-state index contributed by atoms with van der Waals surface area (Å²) in [5.41, 5.74) is 5.14. The normalized spacial score (nSPS) is 16.6. The Balaban J connectivity index is 1.57. The van der Waals surface area contributed by atoms with Gasteiger partial charge in [-0.3, -0.25) is 0 Å². The van der Waals surface area contributed by atoms with Gasteiger partial charge in [0, 0.05) is 16.7 Å². The summed E-state index contributed by atoms with van der Waals surface area (Å²) in [7, 11) is 0. The van der Waals surface area contributed by atoms with E-state index < -0.39 is 11.7 Å². The second-order valence-corrected chi connectivity index (χ2v) is 8.59. The molecule has 160 valence electrons. The Morgan fingerprint density at radius 1 is 1.00 bits per heavy atom. The fourth-order valence-corrected chi connectivity index (χ4v) is 5.13. The zero-order valence-corrected chi connectivity index (χ0v) is 17.3. The highest BCUT2D eigenvalue weighted by Crippen LogP contribution is 2.44. The standard InChI is InChI=1S/C26H24F3NO/c1-2-16-8-11-21-18(14-16)9-13-22-24(21)30-31-25(22)19-10-12-20(17-6-4-3-5-7-17)23(15-19)26(27,28)29/h2,8,10-12,14-15,17H,1,3-7,9,13H2. The van der Waals surface area contributed by atoms with Crippen molar-refractivity contribution >= 4 is 6.08 Å². The van der Waals surface area contributed by atoms with Gasteiger partial charge < -0.3 is 4.52 Å². The Kier molecular flexibility index (Phi) is 4.99. The van der Waals surface area contributed by atoms with Gasteiger partial charge in [-0.05, 0) is 54.4 Å². The molecule has 2 aliphatic carbocycles. The van der Waals surface area contributed by atoms with Crippen LogP contribution < -0.4 is 0 Å². The van der Waals surface area contributed by atoms with E-state index in [1.54, 1.807) is 18.2 Å². The number of alkyl halides is 3. The first-order valence-corrected chi connectivity index (χ1v) is 10.9. The highest BCUT2D eigenvalue weighted by atomic mass is 19.4. The molecule has 1 fully saturated rings. The van der Waals surface area contributed by atoms with E-state index in [0.717, 1.165) is 66.5 Å². The smallest absolute Gasteiger partial charge is 0.355 e. The number of nitrogens with zero attached hydrogens (tertiary/aromatic N) is 1. The van der Waals surface area contributed by atoms with Crippen molar-refractivity contribution in [2.24, 2.45) is 0 Å². The van der Waals surface area contributed by atoms with E-state index in [1.165, 1.54) is 6.07 Å². The fourth-order valence-electron chi connectivity index (χ4n) is 5.13. The van der Waals surface area contributed by atoms with Crippen LogP contribution in [0.4, 0.5) is 13.2 Å². The van der Waals surface area contributed by atoms with E-state index in [1.807, 2.05) is 12.1 Å². The molecule has 5 rings (SSSR count). The molecule has 1 saturated carbocycles. The van der Waals surface area contributed by atoms with Crippen molar-refractivity contribution in [3.8, 4) is 22.6 Å². The second-order valence-electron chi connectivity index (χ2n) is 8.59. The van der Waals surface area contributed by atoms with Crippen LogP contribution in [0.1, 0.15) is 65.8 Å². The summed E-state index contributed by atoms with van der Waals surface area (Å²) in [6.45, 7) is 3.81. The summed E-state index contributed by atoms with van der Waals surface area (Å²) in [6.07, 6.45) is 3.63. The summed E-state index contributed by atoms with van der Waals surface area (Å²) in [6, 6.07) is 10.7. The molecule has 2 nitrogen and oxygen atoms in total. The molecule has 0 N–H and O–H groups in total. The van der Waals surface area contributed by atoms with Gasteiger partial charge in [-0.2, -0.15) is 13.2 Å². The molecule has 2 aliphatic rings. The number of rotatable bonds is 3. The molecule has 2 aromatic carbocycles. The minimum atomic E-state index is -4.39. The van der Waals surface area contributed by atoms with Crippen LogP contribution in [0.25, 0.3) is 28.7 Å². The predicted molar refractivity (Wildman–Crippen MR) is 116 cm³/mol. The Morgan fingerprint density at radius 3 is 2.55 bits per heavy atom. The van der Waals surface area contributed by atoms with Gasteiger partial charge in [-0.1, -0.05) is 67.4 Å². The lowest BCUT2D eigenvalue weighted by Gasteiger charge is -2.25. The van der Waals surface area contributed by atoms with Crippen LogP contribution in [0.2, 0.25) is 0 Å². The third-order valence-electron chi connectivity index (χ3n) is 6.72. The van der Waals surface area contributed by atoms with Crippen molar-refractivity contribution < 1.29 is 17.7 Å². The largest absolute Gasteiger partial charge is 0.416 e. The summed E-state index contributed by atoms with van der Waals surface area (Å²) in [5.74, 6) is 0.433. The predicted octanol–water partition coefficient (Wildman–Crippen LogP) is 7.82. The Morgan fingerprint density at radius 2 is 1.81 bits per heavy atom. The number of hydrogen-bond acceptors (Lipinski definition) is 2. The van der Waals surface area contributed by atoms with Crippen LogP contribution in [0.5, 0.6) is 0 Å². The van der Waals surface area contributed by atoms with Crippen LogP contribution in [0.3, 0.4) is 0 Å². The van der Waals surface area contributed by atoms with E-state index in [9.17, 15) is 13.2 Å². The molecule has 1 heterocycles. The molecular formula is C26H24F3NO. The van der Waals surface area contributed by atoms with Gasteiger partial charge in [0.1, 0.15) is 5.69 Å². The highest BCUT2D eigenvalue weighted by Gasteiger charge is 2.36. The number of aryl methyl sites for hydroxylation is 1. The minimum Gasteiger partial charge on any atom is -0.355 e. The third-order valence-corrected chi connectivity index (χ3v) is 6.72. The van der Waals surface area contributed by atoms with Crippen molar-refractivity contribution in [3.05, 3.63) is 70.8 Å². The van der Waals surface area contributed by atoms with Crippen molar-refractivity contribution in [1.29, 1.82) is 0 Å². The maximum Gasteiger partial charge on any atom is 0.416 e. The van der Waals surface area contributed by atoms with E-state index in [-0.39, 0.29) is 5.92 Å². The van der Waals surface area contributed by atoms with Gasteiger partial charge in [0.15, 0.2) is 5.76 Å². The molecule has 0 aliphatic heterocycles. The maximum absolute atomic E-state index is 14.0. The van der Waals surface area contributed by atoms with E-state index in [2.05, 4.69) is 17.8 Å². The number of halogens is 3. The first kappa shape index (κ1) is 20.1. The molecule has 31 heavy (non-hydrogen) atoms. The molecule has 1 aromatic heterocycles. The lowest BCUT2D eigenvalue weighted by Crippen LogP contribution is -2.14. The first-order valence-electron chi connectivity index (χ1n) is 10.9. The molecule has 0 spiro atoms. The monoisotopic (exact) mass is 423 g/mol. The number of hydrogen-bond donors (Lipinski definition) is 0. The van der Waals surface area contributed by atoms with Gasteiger partial charge in [0.05, 0.1) is 5.56 Å². The SMILES string of the molecule is C=Cc1ccc2c(c1)CCc1c-2noc1-c1ccc(C2CCCCC2)c(C(F)(F)F)c1. The molecule has 0 saturated heterocycles. The molecule has 5 heteroatoms. The van der Waals surface area contributed by atoms with Crippen LogP contribution in [0, 0.1) is 0 Å². The summed E-state index contributed by atoms with van der Waals surface area (Å²) >= 11 is 0. The third kappa shape index (κ3) is 3.60. The van der Waals surface area contributed by atoms with E-state index in [4.69, 9.17) is 4.52 Å². The molecule has 0 unspecified atom stereocenters. The molecule has 0 bridgehead atoms. The van der Waals surface area contributed by atoms with Gasteiger partial charge in [0.25, 0.3) is 0 Å². The van der Waals surface area contributed by atoms with Crippen molar-refractivity contribution in [2.75, 3.05) is 0 Å². The fraction of sp³-hybridized carbons (Fsp3) is 0.346. The lowest BCUT2D eigenvalue weighted by molar-refractivity contribution is -0.138. The van der Waals surface area contributed by atoms with Crippen molar-refractivity contribution in [1.82, 2.24) is 5.16 Å². The van der Waals surface area contributed by atoms with Crippen molar-refractivity contribution in [2.45, 2.75) is 57.0 Å². The van der Waals surface area contributed by atoms with Crippen molar-refractivity contribution in [3.63, 3.8) is 0 Å².